The monoisotopic (exact) mass is 275 g/mol. The highest BCUT2D eigenvalue weighted by Gasteiger charge is 2.23. The summed E-state index contributed by atoms with van der Waals surface area (Å²) in [6, 6.07) is 6.35. The molecule has 1 aliphatic rings. The number of aliphatic hydroxyl groups excluding tert-OH is 1. The van der Waals surface area contributed by atoms with Crippen molar-refractivity contribution in [3.8, 4) is 0 Å². The fourth-order valence-electron chi connectivity index (χ4n) is 3.26. The van der Waals surface area contributed by atoms with E-state index in [1.807, 2.05) is 0 Å². The minimum absolute atomic E-state index is 0.356. The molecule has 0 radical (unpaired) electrons. The zero-order chi connectivity index (χ0) is 14.7. The molecule has 0 spiro atoms. The van der Waals surface area contributed by atoms with Crippen LogP contribution in [0.1, 0.15) is 49.5 Å². The maximum atomic E-state index is 10.5. The Morgan fingerprint density at radius 1 is 1.20 bits per heavy atom. The van der Waals surface area contributed by atoms with Crippen LogP contribution in [0, 0.1) is 25.7 Å². The molecule has 0 amide bonds. The molecule has 0 saturated carbocycles. The SMILES string of the molecule is Cc1ccc(C)c(C(O)CN2CCC(C(C)C)CC2)c1. The van der Waals surface area contributed by atoms with E-state index in [0.29, 0.717) is 0 Å². The summed E-state index contributed by atoms with van der Waals surface area (Å²) in [6.45, 7) is 11.9. The maximum Gasteiger partial charge on any atom is 0.0919 e. The van der Waals surface area contributed by atoms with Gasteiger partial charge in [-0.2, -0.15) is 0 Å². The van der Waals surface area contributed by atoms with Gasteiger partial charge in [0.25, 0.3) is 0 Å². The highest BCUT2D eigenvalue weighted by atomic mass is 16.3. The van der Waals surface area contributed by atoms with Crippen LogP contribution < -0.4 is 0 Å². The molecule has 2 heteroatoms. The second kappa shape index (κ2) is 6.73. The van der Waals surface area contributed by atoms with E-state index in [0.717, 1.165) is 37.0 Å². The first-order valence-electron chi connectivity index (χ1n) is 7.95. The smallest absolute Gasteiger partial charge is 0.0919 e. The minimum Gasteiger partial charge on any atom is -0.387 e. The van der Waals surface area contributed by atoms with Gasteiger partial charge in [-0.1, -0.05) is 37.6 Å². The molecule has 112 valence electrons. The molecule has 1 unspecified atom stereocenters. The lowest BCUT2D eigenvalue weighted by molar-refractivity contribution is 0.0815. The van der Waals surface area contributed by atoms with E-state index in [4.69, 9.17) is 0 Å². The molecule has 1 saturated heterocycles. The standard InChI is InChI=1S/C18H29NO/c1-13(2)16-7-9-19(10-8-16)12-18(20)17-11-14(3)5-6-15(17)4/h5-6,11,13,16,18,20H,7-10,12H2,1-4H3. The number of piperidine rings is 1. The van der Waals surface area contributed by atoms with Crippen molar-refractivity contribution in [2.75, 3.05) is 19.6 Å². The summed E-state index contributed by atoms with van der Waals surface area (Å²) >= 11 is 0. The van der Waals surface area contributed by atoms with Crippen LogP contribution in [-0.4, -0.2) is 29.6 Å². The second-order valence-corrected chi connectivity index (χ2v) is 6.76. The largest absolute Gasteiger partial charge is 0.387 e. The number of rotatable bonds is 4. The summed E-state index contributed by atoms with van der Waals surface area (Å²) in [7, 11) is 0. The van der Waals surface area contributed by atoms with Crippen molar-refractivity contribution in [3.63, 3.8) is 0 Å². The van der Waals surface area contributed by atoms with Gasteiger partial charge in [0.05, 0.1) is 6.10 Å². The first-order valence-corrected chi connectivity index (χ1v) is 7.95. The molecule has 0 aromatic heterocycles. The van der Waals surface area contributed by atoms with Crippen molar-refractivity contribution >= 4 is 0 Å². The van der Waals surface area contributed by atoms with Crippen LogP contribution in [0.15, 0.2) is 18.2 Å². The van der Waals surface area contributed by atoms with Crippen molar-refractivity contribution in [1.29, 1.82) is 0 Å². The molecule has 2 nitrogen and oxygen atoms in total. The summed E-state index contributed by atoms with van der Waals surface area (Å²) < 4.78 is 0. The lowest BCUT2D eigenvalue weighted by atomic mass is 9.86. The average molecular weight is 275 g/mol. The van der Waals surface area contributed by atoms with E-state index in [1.54, 1.807) is 0 Å². The minimum atomic E-state index is -0.356. The van der Waals surface area contributed by atoms with Crippen LogP contribution in [0.3, 0.4) is 0 Å². The van der Waals surface area contributed by atoms with E-state index in [1.165, 1.54) is 24.0 Å². The van der Waals surface area contributed by atoms with Crippen molar-refractivity contribution in [2.45, 2.75) is 46.6 Å². The summed E-state index contributed by atoms with van der Waals surface area (Å²) in [5.74, 6) is 1.66. The molecular weight excluding hydrogens is 246 g/mol. The van der Waals surface area contributed by atoms with Gasteiger partial charge < -0.3 is 10.0 Å². The molecule has 1 aromatic carbocycles. The number of β-amino-alcohol motifs (C(OH)–C–C–N with tert-alkyl or cyclic N) is 1. The molecule has 1 atom stereocenters. The van der Waals surface area contributed by atoms with Crippen LogP contribution in [0.2, 0.25) is 0 Å². The van der Waals surface area contributed by atoms with E-state index in [9.17, 15) is 5.11 Å². The van der Waals surface area contributed by atoms with Gasteiger partial charge in [-0.3, -0.25) is 0 Å². The quantitative estimate of drug-likeness (QED) is 0.905. The van der Waals surface area contributed by atoms with Crippen LogP contribution in [0.5, 0.6) is 0 Å². The van der Waals surface area contributed by atoms with Crippen molar-refractivity contribution < 1.29 is 5.11 Å². The first kappa shape index (κ1) is 15.5. The Labute approximate surface area is 123 Å². The molecule has 0 bridgehead atoms. The first-order chi connectivity index (χ1) is 9.47. The molecule has 1 aliphatic heterocycles. The van der Waals surface area contributed by atoms with E-state index in [-0.39, 0.29) is 6.10 Å². The Hall–Kier alpha value is -0.860. The normalized spacial score (nSPS) is 19.5. The number of aryl methyl sites for hydroxylation is 2. The number of hydrogen-bond acceptors (Lipinski definition) is 2. The number of aliphatic hydroxyl groups is 1. The van der Waals surface area contributed by atoms with Gasteiger partial charge in [0.2, 0.25) is 0 Å². The zero-order valence-electron chi connectivity index (χ0n) is 13.4. The Morgan fingerprint density at radius 3 is 2.45 bits per heavy atom. The number of hydrogen-bond donors (Lipinski definition) is 1. The molecule has 1 fully saturated rings. The Balaban J connectivity index is 1.92. The Kier molecular flexibility index (Phi) is 5.22. The highest BCUT2D eigenvalue weighted by molar-refractivity contribution is 5.32. The highest BCUT2D eigenvalue weighted by Crippen LogP contribution is 2.26. The molecule has 2 rings (SSSR count). The number of likely N-dealkylation sites (tertiary alicyclic amines) is 1. The molecule has 20 heavy (non-hydrogen) atoms. The molecule has 0 aliphatic carbocycles. The van der Waals surface area contributed by atoms with Gasteiger partial charge in [0.1, 0.15) is 0 Å². The van der Waals surface area contributed by atoms with Crippen LogP contribution in [0.25, 0.3) is 0 Å². The average Bonchev–Trinajstić information content (AvgIpc) is 2.42. The molecule has 1 heterocycles. The molecular formula is C18H29NO. The third kappa shape index (κ3) is 3.83. The fraction of sp³-hybridized carbons (Fsp3) is 0.667. The Bertz CT molecular complexity index is 433. The summed E-state index contributed by atoms with van der Waals surface area (Å²) in [5, 5.41) is 10.5. The van der Waals surface area contributed by atoms with Gasteiger partial charge >= 0.3 is 0 Å². The fourth-order valence-corrected chi connectivity index (χ4v) is 3.26. The summed E-state index contributed by atoms with van der Waals surface area (Å²) in [5.41, 5.74) is 3.51. The van der Waals surface area contributed by atoms with Gasteiger partial charge in [-0.25, -0.2) is 0 Å². The Morgan fingerprint density at radius 2 is 1.85 bits per heavy atom. The van der Waals surface area contributed by atoms with Gasteiger partial charge in [-0.15, -0.1) is 0 Å². The van der Waals surface area contributed by atoms with Crippen molar-refractivity contribution in [3.05, 3.63) is 34.9 Å². The number of benzene rings is 1. The van der Waals surface area contributed by atoms with Gasteiger partial charge in [-0.05, 0) is 62.7 Å². The van der Waals surface area contributed by atoms with Crippen LogP contribution in [0.4, 0.5) is 0 Å². The molecule has 1 N–H and O–H groups in total. The third-order valence-corrected chi connectivity index (χ3v) is 4.80. The topological polar surface area (TPSA) is 23.5 Å². The maximum absolute atomic E-state index is 10.5. The van der Waals surface area contributed by atoms with Crippen LogP contribution in [-0.2, 0) is 0 Å². The van der Waals surface area contributed by atoms with Crippen molar-refractivity contribution in [1.82, 2.24) is 4.90 Å². The lowest BCUT2D eigenvalue weighted by Crippen LogP contribution is -2.37. The predicted molar refractivity (Wildman–Crippen MR) is 84.9 cm³/mol. The second-order valence-electron chi connectivity index (χ2n) is 6.76. The molecule has 1 aromatic rings. The third-order valence-electron chi connectivity index (χ3n) is 4.80. The van der Waals surface area contributed by atoms with Crippen LogP contribution >= 0.6 is 0 Å². The van der Waals surface area contributed by atoms with E-state index < -0.39 is 0 Å². The number of nitrogens with zero attached hydrogens (tertiary/aromatic N) is 1. The predicted octanol–water partition coefficient (Wildman–Crippen LogP) is 3.70. The van der Waals surface area contributed by atoms with Gasteiger partial charge in [0.15, 0.2) is 0 Å². The summed E-state index contributed by atoms with van der Waals surface area (Å²) in [6.07, 6.45) is 2.19. The summed E-state index contributed by atoms with van der Waals surface area (Å²) in [4.78, 5) is 2.42. The van der Waals surface area contributed by atoms with Gasteiger partial charge in [0, 0.05) is 6.54 Å². The van der Waals surface area contributed by atoms with E-state index in [2.05, 4.69) is 50.8 Å². The zero-order valence-corrected chi connectivity index (χ0v) is 13.4. The lowest BCUT2D eigenvalue weighted by Gasteiger charge is -2.35. The van der Waals surface area contributed by atoms with Crippen molar-refractivity contribution in [2.24, 2.45) is 11.8 Å². The van der Waals surface area contributed by atoms with E-state index >= 15 is 0 Å².